The molecule has 0 aliphatic heterocycles. The van der Waals surface area contributed by atoms with Crippen LogP contribution in [0.2, 0.25) is 0 Å². The summed E-state index contributed by atoms with van der Waals surface area (Å²) < 4.78 is 5.56. The molecule has 0 unspecified atom stereocenters. The Kier molecular flexibility index (Phi) is 3.70. The summed E-state index contributed by atoms with van der Waals surface area (Å²) in [5, 5.41) is 18.0. The lowest BCUT2D eigenvalue weighted by Crippen LogP contribution is -2.08. The number of benzene rings is 2. The molecule has 0 aliphatic rings. The summed E-state index contributed by atoms with van der Waals surface area (Å²) in [4.78, 5) is 22.0. The van der Waals surface area contributed by atoms with Crippen LogP contribution in [0.5, 0.6) is 11.5 Å². The molecule has 2 rings (SSSR count). The number of carbonyl (C=O) groups is 2. The lowest BCUT2D eigenvalue weighted by molar-refractivity contribution is 0.0651. The van der Waals surface area contributed by atoms with Crippen molar-refractivity contribution in [2.75, 3.05) is 0 Å². The quantitative estimate of drug-likeness (QED) is 0.893. The van der Waals surface area contributed by atoms with Crippen molar-refractivity contribution in [3.8, 4) is 11.5 Å². The summed E-state index contributed by atoms with van der Waals surface area (Å²) >= 11 is 0. The largest absolute Gasteiger partial charge is 0.478 e. The van der Waals surface area contributed by atoms with E-state index >= 15 is 0 Å². The highest BCUT2D eigenvalue weighted by molar-refractivity contribution is 6.02. The van der Waals surface area contributed by atoms with E-state index in [1.807, 2.05) is 6.92 Å². The zero-order chi connectivity index (χ0) is 14.7. The third-order valence-corrected chi connectivity index (χ3v) is 2.70. The monoisotopic (exact) mass is 271 g/mol. The van der Waals surface area contributed by atoms with Gasteiger partial charge in [-0.2, -0.15) is 0 Å². The van der Waals surface area contributed by atoms with Gasteiger partial charge in [-0.1, -0.05) is 6.07 Å². The van der Waals surface area contributed by atoms with Crippen LogP contribution in [0.25, 0.3) is 0 Å². The molecule has 0 amide bonds. The molecular weight excluding hydrogens is 260 g/mol. The highest BCUT2D eigenvalue weighted by Gasteiger charge is 2.17. The van der Waals surface area contributed by atoms with Crippen molar-refractivity contribution in [1.29, 1.82) is 0 Å². The Morgan fingerprint density at radius 1 is 1.10 bits per heavy atom. The number of carboxylic acids is 2. The van der Waals surface area contributed by atoms with E-state index in [1.165, 1.54) is 18.2 Å². The maximum Gasteiger partial charge on any atom is 0.336 e. The number of hydrogen-bond acceptors (Lipinski definition) is 3. The van der Waals surface area contributed by atoms with Crippen molar-refractivity contribution in [1.82, 2.24) is 0 Å². The first-order valence-electron chi connectivity index (χ1n) is 5.74. The minimum atomic E-state index is -1.31. The standard InChI is InChI=1S/C15H11O5/c1-9-4-2-3-5-13(9)20-10-6-7-11(14(16)17)12(8-10)15(18)19/h3-8H,1H3,(H,16,17)(H,18,19). The Morgan fingerprint density at radius 3 is 2.40 bits per heavy atom. The SMILES string of the molecule is Cc1c[c]ccc1Oc1ccc(C(=O)O)c(C(=O)O)c1. The van der Waals surface area contributed by atoms with E-state index in [-0.39, 0.29) is 16.9 Å². The molecule has 0 aromatic heterocycles. The van der Waals surface area contributed by atoms with Crippen LogP contribution >= 0.6 is 0 Å². The maximum absolute atomic E-state index is 11.1. The number of ether oxygens (including phenoxy) is 1. The van der Waals surface area contributed by atoms with Gasteiger partial charge in [-0.3, -0.25) is 0 Å². The maximum atomic E-state index is 11.1. The Labute approximate surface area is 115 Å². The van der Waals surface area contributed by atoms with E-state index in [9.17, 15) is 9.59 Å². The molecule has 5 heteroatoms. The van der Waals surface area contributed by atoms with Crippen LogP contribution in [0.3, 0.4) is 0 Å². The van der Waals surface area contributed by atoms with Gasteiger partial charge in [0.1, 0.15) is 11.5 Å². The van der Waals surface area contributed by atoms with Gasteiger partial charge in [0.05, 0.1) is 11.1 Å². The highest BCUT2D eigenvalue weighted by atomic mass is 16.5. The molecule has 1 radical (unpaired) electrons. The van der Waals surface area contributed by atoms with Crippen LogP contribution in [-0.2, 0) is 0 Å². The average molecular weight is 271 g/mol. The van der Waals surface area contributed by atoms with Gasteiger partial charge in [0.15, 0.2) is 0 Å². The van der Waals surface area contributed by atoms with Gasteiger partial charge >= 0.3 is 11.9 Å². The van der Waals surface area contributed by atoms with Gasteiger partial charge < -0.3 is 14.9 Å². The molecule has 0 bridgehead atoms. The minimum Gasteiger partial charge on any atom is -0.478 e. The minimum absolute atomic E-state index is 0.265. The van der Waals surface area contributed by atoms with Gasteiger partial charge in [0.25, 0.3) is 0 Å². The first-order chi connectivity index (χ1) is 9.49. The number of aromatic carboxylic acids is 2. The van der Waals surface area contributed by atoms with E-state index in [4.69, 9.17) is 14.9 Å². The van der Waals surface area contributed by atoms with E-state index < -0.39 is 11.9 Å². The summed E-state index contributed by atoms with van der Waals surface area (Å²) in [6.45, 7) is 1.83. The Balaban J connectivity index is 2.40. The van der Waals surface area contributed by atoms with Crippen LogP contribution in [0, 0.1) is 13.0 Å². The van der Waals surface area contributed by atoms with Crippen molar-refractivity contribution >= 4 is 11.9 Å². The first-order valence-corrected chi connectivity index (χ1v) is 5.74. The van der Waals surface area contributed by atoms with E-state index in [0.717, 1.165) is 5.56 Å². The summed E-state index contributed by atoms with van der Waals surface area (Å²) in [5.41, 5.74) is 0.254. The molecule has 20 heavy (non-hydrogen) atoms. The Hall–Kier alpha value is -2.82. The Morgan fingerprint density at radius 2 is 1.80 bits per heavy atom. The van der Waals surface area contributed by atoms with Crippen LogP contribution in [0.4, 0.5) is 0 Å². The molecule has 101 valence electrons. The molecular formula is C15H11O5. The molecule has 2 aromatic rings. The fourth-order valence-corrected chi connectivity index (χ4v) is 1.69. The van der Waals surface area contributed by atoms with Gasteiger partial charge in [0.2, 0.25) is 0 Å². The zero-order valence-electron chi connectivity index (χ0n) is 10.6. The predicted molar refractivity (Wildman–Crippen MR) is 70.4 cm³/mol. The number of aryl methyl sites for hydroxylation is 1. The topological polar surface area (TPSA) is 83.8 Å². The summed E-state index contributed by atoms with van der Waals surface area (Å²) in [6, 6.07) is 11.8. The zero-order valence-corrected chi connectivity index (χ0v) is 10.6. The normalized spacial score (nSPS) is 10.1. The van der Waals surface area contributed by atoms with Gasteiger partial charge in [-0.05, 0) is 48.9 Å². The fraction of sp³-hybridized carbons (Fsp3) is 0.0667. The van der Waals surface area contributed by atoms with Crippen molar-refractivity contribution in [2.24, 2.45) is 0 Å². The molecule has 0 saturated carbocycles. The van der Waals surface area contributed by atoms with Crippen LogP contribution in [-0.4, -0.2) is 22.2 Å². The second-order valence-corrected chi connectivity index (χ2v) is 4.11. The second kappa shape index (κ2) is 5.44. The van der Waals surface area contributed by atoms with Crippen LogP contribution < -0.4 is 4.74 Å². The van der Waals surface area contributed by atoms with Crippen molar-refractivity contribution in [2.45, 2.75) is 6.92 Å². The molecule has 5 nitrogen and oxygen atoms in total. The van der Waals surface area contributed by atoms with Gasteiger partial charge in [0, 0.05) is 0 Å². The molecule has 0 saturated heterocycles. The third-order valence-electron chi connectivity index (χ3n) is 2.70. The lowest BCUT2D eigenvalue weighted by Gasteiger charge is -2.10. The van der Waals surface area contributed by atoms with Gasteiger partial charge in [-0.15, -0.1) is 0 Å². The number of hydrogen-bond donors (Lipinski definition) is 2. The van der Waals surface area contributed by atoms with E-state index in [0.29, 0.717) is 5.75 Å². The van der Waals surface area contributed by atoms with Crippen LogP contribution in [0.15, 0.2) is 36.4 Å². The van der Waals surface area contributed by atoms with Gasteiger partial charge in [-0.25, -0.2) is 9.59 Å². The molecule has 0 spiro atoms. The lowest BCUT2D eigenvalue weighted by atomic mass is 10.1. The fourth-order valence-electron chi connectivity index (χ4n) is 1.69. The van der Waals surface area contributed by atoms with E-state index in [2.05, 4.69) is 6.07 Å². The second-order valence-electron chi connectivity index (χ2n) is 4.11. The molecule has 0 heterocycles. The third kappa shape index (κ3) is 2.77. The van der Waals surface area contributed by atoms with Crippen molar-refractivity contribution in [3.05, 3.63) is 59.2 Å². The first kappa shape index (κ1) is 13.6. The number of rotatable bonds is 4. The van der Waals surface area contributed by atoms with Crippen molar-refractivity contribution < 1.29 is 24.5 Å². The number of carboxylic acid groups (broad SMARTS) is 2. The molecule has 0 aliphatic carbocycles. The molecule has 0 atom stereocenters. The van der Waals surface area contributed by atoms with Crippen molar-refractivity contribution in [3.63, 3.8) is 0 Å². The molecule has 0 fully saturated rings. The summed E-state index contributed by atoms with van der Waals surface area (Å²) in [6.07, 6.45) is 0. The average Bonchev–Trinajstić information content (AvgIpc) is 2.41. The smallest absolute Gasteiger partial charge is 0.336 e. The highest BCUT2D eigenvalue weighted by Crippen LogP contribution is 2.26. The molecule has 2 aromatic carbocycles. The van der Waals surface area contributed by atoms with E-state index in [1.54, 1.807) is 18.2 Å². The summed E-state index contributed by atoms with van der Waals surface area (Å²) in [5.74, 6) is -1.78. The summed E-state index contributed by atoms with van der Waals surface area (Å²) in [7, 11) is 0. The predicted octanol–water partition coefficient (Wildman–Crippen LogP) is 2.98. The Bertz CT molecular complexity index is 676. The van der Waals surface area contributed by atoms with Crippen LogP contribution in [0.1, 0.15) is 26.3 Å². The molecule has 2 N–H and O–H groups in total.